The largest absolute Gasteiger partial charge is 0.355 e. The third kappa shape index (κ3) is 3.04. The van der Waals surface area contributed by atoms with E-state index in [1.165, 1.54) is 16.4 Å². The van der Waals surface area contributed by atoms with Crippen molar-refractivity contribution in [2.24, 2.45) is 0 Å². The first kappa shape index (κ1) is 16.3. The molecule has 0 aliphatic heterocycles. The highest BCUT2D eigenvalue weighted by Gasteiger charge is 2.19. The molecule has 2 heterocycles. The van der Waals surface area contributed by atoms with Crippen molar-refractivity contribution >= 4 is 40.1 Å². The molecule has 0 spiro atoms. The van der Waals surface area contributed by atoms with E-state index in [1.54, 1.807) is 6.20 Å². The topological polar surface area (TPSA) is 72.7 Å². The van der Waals surface area contributed by atoms with Gasteiger partial charge in [0.15, 0.2) is 0 Å². The molecule has 7 heteroatoms. The number of fused-ring (bicyclic) bond motifs is 1. The van der Waals surface area contributed by atoms with E-state index in [9.17, 15) is 4.79 Å². The Balaban J connectivity index is 1.79. The Morgan fingerprint density at radius 3 is 2.65 bits per heavy atom. The molecule has 0 aliphatic rings. The molecule has 0 aliphatic carbocycles. The second-order valence-electron chi connectivity index (χ2n) is 5.56. The summed E-state index contributed by atoms with van der Waals surface area (Å²) >= 11 is 1.52. The second kappa shape index (κ2) is 6.97. The van der Waals surface area contributed by atoms with Gasteiger partial charge < -0.3 is 5.32 Å². The number of hydrogen-bond acceptors (Lipinski definition) is 6. The minimum atomic E-state index is -0.280. The number of anilines is 2. The molecule has 0 unspecified atom stereocenters. The first-order valence-electron chi connectivity index (χ1n) is 7.97. The molecular formula is C19H15N5OS. The fraction of sp³-hybridized carbons (Fsp3) is 0.0526. The van der Waals surface area contributed by atoms with Gasteiger partial charge >= 0.3 is 0 Å². The summed E-state index contributed by atoms with van der Waals surface area (Å²) in [5.74, 6) is -0.280. The zero-order valence-corrected chi connectivity index (χ0v) is 14.8. The number of pyridine rings is 1. The lowest BCUT2D eigenvalue weighted by Crippen LogP contribution is -2.16. The molecule has 0 atom stereocenters. The standard InChI is InChI=1S/C19H15N5OS/c1-26-18-11-16(21-13-7-3-2-4-8-13)14(12-20-18)19(25)24-17-10-6-5-9-15(17)22-23-24/h2-12H,1H3,(H,20,21). The second-order valence-corrected chi connectivity index (χ2v) is 6.38. The van der Waals surface area contributed by atoms with Crippen LogP contribution in [0.1, 0.15) is 10.4 Å². The van der Waals surface area contributed by atoms with Crippen molar-refractivity contribution in [2.75, 3.05) is 11.6 Å². The van der Waals surface area contributed by atoms with Gasteiger partial charge in [-0.1, -0.05) is 35.5 Å². The summed E-state index contributed by atoms with van der Waals surface area (Å²) in [6, 6.07) is 18.9. The van der Waals surface area contributed by atoms with Crippen LogP contribution in [-0.2, 0) is 0 Å². The number of para-hydroxylation sites is 2. The third-order valence-electron chi connectivity index (χ3n) is 3.92. The molecule has 4 rings (SSSR count). The van der Waals surface area contributed by atoms with Crippen LogP contribution in [0.15, 0.2) is 71.9 Å². The Morgan fingerprint density at radius 2 is 1.85 bits per heavy atom. The van der Waals surface area contributed by atoms with Crippen molar-refractivity contribution in [3.63, 3.8) is 0 Å². The number of nitrogens with zero attached hydrogens (tertiary/aromatic N) is 4. The zero-order chi connectivity index (χ0) is 17.9. The van der Waals surface area contributed by atoms with Crippen molar-refractivity contribution in [3.8, 4) is 0 Å². The Morgan fingerprint density at radius 1 is 1.08 bits per heavy atom. The Hall–Kier alpha value is -3.19. The van der Waals surface area contributed by atoms with E-state index >= 15 is 0 Å². The normalized spacial score (nSPS) is 10.8. The van der Waals surface area contributed by atoms with E-state index < -0.39 is 0 Å². The summed E-state index contributed by atoms with van der Waals surface area (Å²) in [5, 5.41) is 12.2. The zero-order valence-electron chi connectivity index (χ0n) is 14.0. The summed E-state index contributed by atoms with van der Waals surface area (Å²) in [4.78, 5) is 17.5. The van der Waals surface area contributed by atoms with Crippen LogP contribution in [-0.4, -0.2) is 32.1 Å². The number of hydrogen-bond donors (Lipinski definition) is 1. The highest BCUT2D eigenvalue weighted by atomic mass is 32.2. The number of carbonyl (C=O) groups is 1. The van der Waals surface area contributed by atoms with Gasteiger partial charge in [0, 0.05) is 11.9 Å². The fourth-order valence-electron chi connectivity index (χ4n) is 2.63. The lowest BCUT2D eigenvalue weighted by atomic mass is 10.2. The molecule has 6 nitrogen and oxygen atoms in total. The van der Waals surface area contributed by atoms with Gasteiger partial charge in [0.2, 0.25) is 0 Å². The molecule has 0 saturated carbocycles. The maximum absolute atomic E-state index is 13.1. The molecule has 128 valence electrons. The highest BCUT2D eigenvalue weighted by Crippen LogP contribution is 2.26. The van der Waals surface area contributed by atoms with Crippen LogP contribution in [0.5, 0.6) is 0 Å². The number of rotatable bonds is 4. The van der Waals surface area contributed by atoms with Crippen molar-refractivity contribution in [2.45, 2.75) is 5.03 Å². The minimum absolute atomic E-state index is 0.280. The number of carbonyl (C=O) groups excluding carboxylic acids is 1. The Bertz CT molecular complexity index is 1080. The Labute approximate surface area is 154 Å². The summed E-state index contributed by atoms with van der Waals surface area (Å²) in [6.45, 7) is 0. The van der Waals surface area contributed by atoms with Crippen LogP contribution in [0, 0.1) is 0 Å². The third-order valence-corrected chi connectivity index (χ3v) is 4.56. The lowest BCUT2D eigenvalue weighted by Gasteiger charge is -2.12. The smallest absolute Gasteiger partial charge is 0.283 e. The summed E-state index contributed by atoms with van der Waals surface area (Å²) in [5.41, 5.74) is 3.34. The minimum Gasteiger partial charge on any atom is -0.355 e. The quantitative estimate of drug-likeness (QED) is 0.554. The number of benzene rings is 2. The van der Waals surface area contributed by atoms with E-state index in [1.807, 2.05) is 66.9 Å². The molecule has 0 fully saturated rings. The SMILES string of the molecule is CSc1cc(Nc2ccccc2)c(C(=O)n2nnc3ccccc32)cn1. The number of nitrogens with one attached hydrogen (secondary N) is 1. The van der Waals surface area contributed by atoms with Crippen molar-refractivity contribution in [3.05, 3.63) is 72.4 Å². The first-order chi connectivity index (χ1) is 12.8. The molecule has 26 heavy (non-hydrogen) atoms. The molecule has 1 N–H and O–H groups in total. The summed E-state index contributed by atoms with van der Waals surface area (Å²) in [7, 11) is 0. The molecule has 0 saturated heterocycles. The molecule has 0 bridgehead atoms. The van der Waals surface area contributed by atoms with Gasteiger partial charge in [-0.25, -0.2) is 4.98 Å². The molecule has 2 aromatic carbocycles. The molecule has 0 amide bonds. The van der Waals surface area contributed by atoms with Gasteiger partial charge in [-0.05, 0) is 36.6 Å². The van der Waals surface area contributed by atoms with E-state index in [-0.39, 0.29) is 5.91 Å². The highest BCUT2D eigenvalue weighted by molar-refractivity contribution is 7.98. The molecular weight excluding hydrogens is 346 g/mol. The molecule has 2 aromatic heterocycles. The van der Waals surface area contributed by atoms with Crippen LogP contribution in [0.3, 0.4) is 0 Å². The van der Waals surface area contributed by atoms with E-state index in [0.717, 1.165) is 10.7 Å². The fourth-order valence-corrected chi connectivity index (χ4v) is 3.03. The van der Waals surface area contributed by atoms with Crippen LogP contribution in [0.4, 0.5) is 11.4 Å². The van der Waals surface area contributed by atoms with Crippen molar-refractivity contribution in [1.29, 1.82) is 0 Å². The first-order valence-corrected chi connectivity index (χ1v) is 9.20. The average Bonchev–Trinajstić information content (AvgIpc) is 3.12. The van der Waals surface area contributed by atoms with Crippen LogP contribution < -0.4 is 5.32 Å². The molecule has 0 radical (unpaired) electrons. The number of aromatic nitrogens is 4. The Kier molecular flexibility index (Phi) is 4.37. The predicted molar refractivity (Wildman–Crippen MR) is 103 cm³/mol. The van der Waals surface area contributed by atoms with E-state index in [2.05, 4.69) is 20.6 Å². The number of thioether (sulfide) groups is 1. The van der Waals surface area contributed by atoms with Gasteiger partial charge in [-0.2, -0.15) is 4.68 Å². The monoisotopic (exact) mass is 361 g/mol. The van der Waals surface area contributed by atoms with Gasteiger partial charge in [-0.3, -0.25) is 4.79 Å². The van der Waals surface area contributed by atoms with Gasteiger partial charge in [0.05, 0.1) is 21.8 Å². The van der Waals surface area contributed by atoms with Crippen molar-refractivity contribution in [1.82, 2.24) is 20.0 Å². The summed E-state index contributed by atoms with van der Waals surface area (Å²) < 4.78 is 1.31. The van der Waals surface area contributed by atoms with Crippen LogP contribution >= 0.6 is 11.8 Å². The maximum Gasteiger partial charge on any atom is 0.283 e. The van der Waals surface area contributed by atoms with Crippen molar-refractivity contribution < 1.29 is 4.79 Å². The van der Waals surface area contributed by atoms with Gasteiger partial charge in [0.25, 0.3) is 5.91 Å². The van der Waals surface area contributed by atoms with Gasteiger partial charge in [0.1, 0.15) is 5.52 Å². The lowest BCUT2D eigenvalue weighted by molar-refractivity contribution is 0.0948. The van der Waals surface area contributed by atoms with E-state index in [4.69, 9.17) is 0 Å². The van der Waals surface area contributed by atoms with Crippen LogP contribution in [0.2, 0.25) is 0 Å². The average molecular weight is 361 g/mol. The maximum atomic E-state index is 13.1. The van der Waals surface area contributed by atoms with Crippen LogP contribution in [0.25, 0.3) is 11.0 Å². The molecule has 4 aromatic rings. The summed E-state index contributed by atoms with van der Waals surface area (Å²) in [6.07, 6.45) is 3.52. The predicted octanol–water partition coefficient (Wildman–Crippen LogP) is 3.98. The van der Waals surface area contributed by atoms with E-state index in [0.29, 0.717) is 22.3 Å². The van der Waals surface area contributed by atoms with Gasteiger partial charge in [-0.15, -0.1) is 16.9 Å².